The summed E-state index contributed by atoms with van der Waals surface area (Å²) in [6.07, 6.45) is 0.399. The predicted molar refractivity (Wildman–Crippen MR) is 126 cm³/mol. The maximum atomic E-state index is 13.5. The number of halogens is 2. The van der Waals surface area contributed by atoms with Crippen molar-refractivity contribution in [1.82, 2.24) is 35.2 Å². The van der Waals surface area contributed by atoms with Gasteiger partial charge in [0, 0.05) is 6.42 Å². The maximum Gasteiger partial charge on any atom is 0.288 e. The van der Waals surface area contributed by atoms with Gasteiger partial charge in [0.05, 0.1) is 67.0 Å². The number of hydrogen-bond acceptors (Lipinski definition) is 9. The molecule has 4 aromatic rings. The molecule has 0 radical (unpaired) electrons. The number of aryl methyl sites for hydroxylation is 1. The second-order valence-electron chi connectivity index (χ2n) is 7.81. The number of tetrazole rings is 1. The Labute approximate surface area is 203 Å². The van der Waals surface area contributed by atoms with E-state index >= 15 is 0 Å². The van der Waals surface area contributed by atoms with Gasteiger partial charge < -0.3 is 14.9 Å². The fourth-order valence-corrected chi connectivity index (χ4v) is 3.85. The smallest absolute Gasteiger partial charge is 0.288 e. The second kappa shape index (κ2) is 9.41. The molecule has 13 heteroatoms. The van der Waals surface area contributed by atoms with Gasteiger partial charge in [-0.05, 0) is 23.4 Å². The number of aromatic nitrogens is 7. The zero-order valence-corrected chi connectivity index (χ0v) is 19.1. The van der Waals surface area contributed by atoms with E-state index < -0.39 is 6.43 Å². The Bertz CT molecular complexity index is 1530. The first-order valence-corrected chi connectivity index (χ1v) is 10.7. The van der Waals surface area contributed by atoms with E-state index in [2.05, 4.69) is 45.5 Å². The zero-order chi connectivity index (χ0) is 25.2. The minimum atomic E-state index is -2.70. The highest BCUT2D eigenvalue weighted by Crippen LogP contribution is 2.41. The Kier molecular flexibility index (Phi) is 5.99. The molecule has 3 aromatic heterocycles. The lowest BCUT2D eigenvalue weighted by molar-refractivity contribution is 0.224. The monoisotopic (exact) mass is 488 g/mol. The molecule has 5 rings (SSSR count). The number of nitrogens with zero attached hydrogens (tertiary/aromatic N) is 9. The van der Waals surface area contributed by atoms with Crippen LogP contribution >= 0.6 is 0 Å². The minimum absolute atomic E-state index is 0.0655. The average Bonchev–Trinajstić information content (AvgIpc) is 3.50. The molecule has 1 aromatic carbocycles. The lowest BCUT2D eigenvalue weighted by atomic mass is 10.1. The van der Waals surface area contributed by atoms with Crippen molar-refractivity contribution >= 4 is 28.6 Å². The van der Waals surface area contributed by atoms with Gasteiger partial charge in [-0.15, -0.1) is 15.2 Å². The van der Waals surface area contributed by atoms with E-state index in [9.17, 15) is 8.78 Å². The van der Waals surface area contributed by atoms with E-state index in [0.717, 1.165) is 0 Å². The zero-order valence-electron chi connectivity index (χ0n) is 19.1. The SMILES string of the molecule is [C-]#[N+]c1cncc(Cc2cc(Nc3cccc(-c4nnn(C)n4)c3OC)c3c(n2)CC(C(F)F)=N3)n1. The van der Waals surface area contributed by atoms with Gasteiger partial charge in [0.1, 0.15) is 5.69 Å². The average molecular weight is 488 g/mol. The summed E-state index contributed by atoms with van der Waals surface area (Å²) >= 11 is 0. The number of anilines is 2. The molecule has 1 aliphatic heterocycles. The number of hydrogen-bond donors (Lipinski definition) is 1. The molecule has 0 amide bonds. The Morgan fingerprint density at radius 2 is 2.06 bits per heavy atom. The molecule has 1 N–H and O–H groups in total. The van der Waals surface area contributed by atoms with Gasteiger partial charge in [0.2, 0.25) is 5.82 Å². The van der Waals surface area contributed by atoms with Crippen LogP contribution in [0.3, 0.4) is 0 Å². The van der Waals surface area contributed by atoms with Crippen LogP contribution in [0.5, 0.6) is 5.75 Å². The molecule has 1 aliphatic rings. The van der Waals surface area contributed by atoms with Crippen LogP contribution < -0.4 is 10.1 Å². The highest BCUT2D eigenvalue weighted by molar-refractivity contribution is 5.98. The summed E-state index contributed by atoms with van der Waals surface area (Å²) in [6, 6.07) is 7.08. The summed E-state index contributed by atoms with van der Waals surface area (Å²) in [7, 11) is 3.17. The first-order chi connectivity index (χ1) is 17.4. The van der Waals surface area contributed by atoms with Crippen LogP contribution in [-0.2, 0) is 19.9 Å². The summed E-state index contributed by atoms with van der Waals surface area (Å²) < 4.78 is 32.6. The van der Waals surface area contributed by atoms with Gasteiger partial charge in [-0.25, -0.2) is 13.8 Å². The van der Waals surface area contributed by atoms with E-state index in [0.29, 0.717) is 51.3 Å². The number of fused-ring (bicyclic) bond motifs is 1. The quantitative estimate of drug-likeness (QED) is 0.390. The normalized spacial score (nSPS) is 12.3. The molecule has 180 valence electrons. The third-order valence-corrected chi connectivity index (χ3v) is 5.36. The molecule has 11 nitrogen and oxygen atoms in total. The lowest BCUT2D eigenvalue weighted by Crippen LogP contribution is -2.10. The third kappa shape index (κ3) is 4.43. The number of alkyl halides is 2. The Hall–Kier alpha value is -4.86. The fraction of sp³-hybridized carbons (Fsp3) is 0.217. The number of rotatable bonds is 7. The largest absolute Gasteiger partial charge is 0.494 e. The number of ether oxygens (including phenoxy) is 1. The fourth-order valence-electron chi connectivity index (χ4n) is 3.85. The Morgan fingerprint density at radius 3 is 2.78 bits per heavy atom. The van der Waals surface area contributed by atoms with Crippen LogP contribution in [0.2, 0.25) is 0 Å². The van der Waals surface area contributed by atoms with Crippen molar-refractivity contribution in [3.8, 4) is 17.1 Å². The lowest BCUT2D eigenvalue weighted by Gasteiger charge is -2.16. The third-order valence-electron chi connectivity index (χ3n) is 5.36. The van der Waals surface area contributed by atoms with Crippen LogP contribution in [0.4, 0.5) is 31.7 Å². The Morgan fingerprint density at radius 1 is 1.19 bits per heavy atom. The molecule has 0 fully saturated rings. The number of methoxy groups -OCH3 is 1. The number of benzene rings is 1. The molecular formula is C23H18F2N10O. The van der Waals surface area contributed by atoms with Crippen molar-refractivity contribution in [3.63, 3.8) is 0 Å². The first-order valence-electron chi connectivity index (χ1n) is 10.7. The van der Waals surface area contributed by atoms with Crippen LogP contribution in [0, 0.1) is 6.57 Å². The highest BCUT2D eigenvalue weighted by Gasteiger charge is 2.27. The van der Waals surface area contributed by atoms with E-state index in [1.807, 2.05) is 0 Å². The molecule has 36 heavy (non-hydrogen) atoms. The molecule has 0 atom stereocenters. The van der Waals surface area contributed by atoms with E-state index in [4.69, 9.17) is 11.3 Å². The minimum Gasteiger partial charge on any atom is -0.494 e. The van der Waals surface area contributed by atoms with Gasteiger partial charge in [-0.2, -0.15) is 4.80 Å². The number of nitrogens with one attached hydrogen (secondary N) is 1. The molecule has 0 saturated heterocycles. The Balaban J connectivity index is 1.56. The molecule has 0 bridgehead atoms. The van der Waals surface area contributed by atoms with Crippen molar-refractivity contribution in [3.05, 3.63) is 65.2 Å². The van der Waals surface area contributed by atoms with Crippen molar-refractivity contribution < 1.29 is 13.5 Å². The van der Waals surface area contributed by atoms with Gasteiger partial charge in [-0.3, -0.25) is 9.97 Å². The topological polar surface area (TPSA) is 120 Å². The van der Waals surface area contributed by atoms with Crippen LogP contribution in [0.15, 0.2) is 41.7 Å². The van der Waals surface area contributed by atoms with Crippen molar-refractivity contribution in [2.75, 3.05) is 12.4 Å². The van der Waals surface area contributed by atoms with E-state index in [-0.39, 0.29) is 24.4 Å². The molecule has 0 unspecified atom stereocenters. The summed E-state index contributed by atoms with van der Waals surface area (Å²) in [5, 5.41) is 15.4. The molecule has 0 spiro atoms. The number of pyridine rings is 1. The number of para-hydroxylation sites is 1. The summed E-state index contributed by atoms with van der Waals surface area (Å²) in [5.74, 6) is 0.980. The molecule has 0 saturated carbocycles. The second-order valence-corrected chi connectivity index (χ2v) is 7.81. The predicted octanol–water partition coefficient (Wildman–Crippen LogP) is 3.85. The van der Waals surface area contributed by atoms with Gasteiger partial charge in [-0.1, -0.05) is 12.6 Å². The standard InChI is InChI=1S/C23H18F2N10O/c1-26-19-11-27-10-13(29-19)7-12-8-16(20-17(28-12)9-18(31-20)22(24)25)30-15-6-4-5-14(21(15)36-3)23-32-34-35(2)33-23/h4-6,8,10-11,22H,7,9H2,2-3H3,(H,28,30). The maximum absolute atomic E-state index is 13.5. The molecular weight excluding hydrogens is 470 g/mol. The summed E-state index contributed by atoms with van der Waals surface area (Å²) in [6.45, 7) is 7.15. The summed E-state index contributed by atoms with van der Waals surface area (Å²) in [5.41, 5.74) is 3.22. The van der Waals surface area contributed by atoms with Crippen LogP contribution in [-0.4, -0.2) is 54.4 Å². The van der Waals surface area contributed by atoms with E-state index in [1.165, 1.54) is 24.3 Å². The van der Waals surface area contributed by atoms with Crippen LogP contribution in [0.1, 0.15) is 17.1 Å². The first kappa shape index (κ1) is 22.9. The highest BCUT2D eigenvalue weighted by atomic mass is 19.3. The van der Waals surface area contributed by atoms with E-state index in [1.54, 1.807) is 31.3 Å². The number of aliphatic imine (C=N–C) groups is 1. The van der Waals surface area contributed by atoms with Crippen molar-refractivity contribution in [1.29, 1.82) is 0 Å². The van der Waals surface area contributed by atoms with Crippen molar-refractivity contribution in [2.24, 2.45) is 12.0 Å². The summed E-state index contributed by atoms with van der Waals surface area (Å²) in [4.78, 5) is 21.6. The van der Waals surface area contributed by atoms with Crippen LogP contribution in [0.25, 0.3) is 16.2 Å². The van der Waals surface area contributed by atoms with Crippen molar-refractivity contribution in [2.45, 2.75) is 19.3 Å². The van der Waals surface area contributed by atoms with Gasteiger partial charge in [0.25, 0.3) is 12.2 Å². The molecule has 0 aliphatic carbocycles. The van der Waals surface area contributed by atoms with Gasteiger partial charge in [0.15, 0.2) is 11.4 Å². The van der Waals surface area contributed by atoms with Gasteiger partial charge >= 0.3 is 0 Å². The molecule has 4 heterocycles.